The third-order valence-corrected chi connectivity index (χ3v) is 5.95. The van der Waals surface area contributed by atoms with Crippen LogP contribution < -0.4 is 9.13 Å². The maximum absolute atomic E-state index is 13.6. The lowest BCUT2D eigenvalue weighted by Gasteiger charge is -2.16. The van der Waals surface area contributed by atoms with Gasteiger partial charge in [0.25, 0.3) is 5.69 Å². The third kappa shape index (κ3) is 1.80. The summed E-state index contributed by atoms with van der Waals surface area (Å²) < 4.78 is 47.8. The first-order valence-electron chi connectivity index (χ1n) is 9.38. The number of fused-ring (bicyclic) bond motifs is 10. The van der Waals surface area contributed by atoms with Gasteiger partial charge in [-0.3, -0.25) is 4.98 Å². The highest BCUT2D eigenvalue weighted by molar-refractivity contribution is 5.61. The Morgan fingerprint density at radius 3 is 2.50 bits per heavy atom. The number of halogens is 3. The number of hydrogen-bond donors (Lipinski definition) is 0. The zero-order chi connectivity index (χ0) is 21.0. The monoisotopic (exact) mass is 411 g/mol. The van der Waals surface area contributed by atoms with Crippen LogP contribution in [0.25, 0.3) is 22.8 Å². The van der Waals surface area contributed by atoms with Crippen LogP contribution in [0.4, 0.5) is 13.2 Å². The molecule has 0 aromatic carbocycles. The van der Waals surface area contributed by atoms with E-state index in [0.29, 0.717) is 11.4 Å². The number of pyridine rings is 1. The van der Waals surface area contributed by atoms with E-state index in [1.54, 1.807) is 23.3 Å². The summed E-state index contributed by atoms with van der Waals surface area (Å²) in [6.45, 7) is 5.74. The Morgan fingerprint density at radius 1 is 0.967 bits per heavy atom. The van der Waals surface area contributed by atoms with Crippen molar-refractivity contribution in [3.05, 3.63) is 65.5 Å². The molecule has 1 atom stereocenters. The first-order valence-corrected chi connectivity index (χ1v) is 9.38. The third-order valence-electron chi connectivity index (χ3n) is 5.95. The molecular formula is C20H16F3N7+2. The molecule has 150 valence electrons. The average Bonchev–Trinajstić information content (AvgIpc) is 3.39. The minimum absolute atomic E-state index is 0.375. The number of nitrogens with zero attached hydrogens (tertiary/aromatic N) is 7. The number of alkyl halides is 3. The Hall–Kier alpha value is -3.56. The van der Waals surface area contributed by atoms with E-state index in [1.165, 1.54) is 4.68 Å². The van der Waals surface area contributed by atoms with Crippen LogP contribution >= 0.6 is 0 Å². The lowest BCUT2D eigenvalue weighted by atomic mass is 10.2. The van der Waals surface area contributed by atoms with Crippen molar-refractivity contribution >= 4 is 0 Å². The van der Waals surface area contributed by atoms with Crippen molar-refractivity contribution in [3.63, 3.8) is 0 Å². The highest BCUT2D eigenvalue weighted by Crippen LogP contribution is 2.41. The smallest absolute Gasteiger partial charge is 0.251 e. The molecule has 10 heteroatoms. The minimum atomic E-state index is -4.56. The molecule has 2 aliphatic heterocycles. The second-order valence-electron chi connectivity index (χ2n) is 7.69. The lowest BCUT2D eigenvalue weighted by Crippen LogP contribution is -2.77. The molecule has 1 unspecified atom stereocenters. The summed E-state index contributed by atoms with van der Waals surface area (Å²) in [5, 5.41) is 8.78. The summed E-state index contributed by atoms with van der Waals surface area (Å²) in [5.74, 6) is -1.28. The van der Waals surface area contributed by atoms with Gasteiger partial charge in [-0.25, -0.2) is 0 Å². The van der Waals surface area contributed by atoms with Gasteiger partial charge in [0.2, 0.25) is 5.69 Å². The van der Waals surface area contributed by atoms with E-state index in [4.69, 9.17) is 5.10 Å². The Balaban J connectivity index is 1.82. The maximum Gasteiger partial charge on any atom is 0.583 e. The fraction of sp³-hybridized carbons (Fsp3) is 0.250. The minimum Gasteiger partial charge on any atom is -0.251 e. The topological polar surface area (TPSA) is 56.3 Å². The predicted octanol–water partition coefficient (Wildman–Crippen LogP) is 2.17. The molecule has 0 saturated heterocycles. The molecule has 0 saturated carbocycles. The van der Waals surface area contributed by atoms with Crippen LogP contribution in [0.2, 0.25) is 0 Å². The van der Waals surface area contributed by atoms with Gasteiger partial charge in [0, 0.05) is 23.8 Å². The van der Waals surface area contributed by atoms with Gasteiger partial charge in [-0.05, 0) is 26.3 Å². The van der Waals surface area contributed by atoms with E-state index in [2.05, 4.69) is 10.1 Å². The van der Waals surface area contributed by atoms with Gasteiger partial charge in [-0.2, -0.15) is 23.4 Å². The lowest BCUT2D eigenvalue weighted by molar-refractivity contribution is -0.990. The van der Waals surface area contributed by atoms with E-state index in [-0.39, 0.29) is 0 Å². The predicted molar refractivity (Wildman–Crippen MR) is 96.9 cm³/mol. The van der Waals surface area contributed by atoms with Crippen LogP contribution in [0.15, 0.2) is 43.0 Å². The van der Waals surface area contributed by atoms with E-state index in [9.17, 15) is 13.2 Å². The fourth-order valence-electron chi connectivity index (χ4n) is 4.53. The second kappa shape index (κ2) is 5.13. The Kier molecular flexibility index (Phi) is 2.96. The molecule has 0 N–H and O–H groups in total. The number of rotatable bonds is 0. The van der Waals surface area contributed by atoms with E-state index >= 15 is 0 Å². The maximum atomic E-state index is 13.6. The molecule has 0 bridgehead atoms. The molecule has 6 heterocycles. The Labute approximate surface area is 168 Å². The summed E-state index contributed by atoms with van der Waals surface area (Å²) in [6.07, 6.45) is 2.37. The SMILES string of the molecule is Cc1cc[n+]2c(c1)-c1cc(C(F)(F)F)nn1C21n2nc(C)c(C)c2-c2cncc[n+]21. The summed E-state index contributed by atoms with van der Waals surface area (Å²) in [4.78, 5) is 4.25. The van der Waals surface area contributed by atoms with Gasteiger partial charge in [-0.1, -0.05) is 9.13 Å². The van der Waals surface area contributed by atoms with Crippen LogP contribution in [-0.4, -0.2) is 24.5 Å². The van der Waals surface area contributed by atoms with Crippen molar-refractivity contribution in [1.82, 2.24) is 24.5 Å². The largest absolute Gasteiger partial charge is 0.583 e. The molecule has 0 amide bonds. The standard InChI is InChI=1S/C20H16F3N7/c1-11-4-6-27-14(8-11)15-9-17(19(21,22)23)26-29(15)20(27)28-7-5-24-10-16(28)18-12(2)13(3)25-30(18)20/h4-10H,1-3H3/q+2. The number of hydrogen-bond acceptors (Lipinski definition) is 3. The van der Waals surface area contributed by atoms with Gasteiger partial charge >= 0.3 is 12.1 Å². The zero-order valence-corrected chi connectivity index (χ0v) is 16.3. The summed E-state index contributed by atoms with van der Waals surface area (Å²) in [7, 11) is 0. The second-order valence-corrected chi connectivity index (χ2v) is 7.69. The van der Waals surface area contributed by atoms with Gasteiger partial charge in [-0.15, -0.1) is 9.36 Å². The fourth-order valence-corrected chi connectivity index (χ4v) is 4.53. The van der Waals surface area contributed by atoms with Crippen molar-refractivity contribution in [2.24, 2.45) is 0 Å². The van der Waals surface area contributed by atoms with Crippen LogP contribution in [0.3, 0.4) is 0 Å². The van der Waals surface area contributed by atoms with Crippen LogP contribution in [0.5, 0.6) is 0 Å². The molecule has 1 spiro atoms. The molecule has 0 radical (unpaired) electrons. The quantitative estimate of drug-likeness (QED) is 0.360. The van der Waals surface area contributed by atoms with Gasteiger partial charge in [0.1, 0.15) is 6.20 Å². The number of aryl methyl sites for hydroxylation is 2. The zero-order valence-electron chi connectivity index (χ0n) is 16.3. The van der Waals surface area contributed by atoms with Crippen molar-refractivity contribution in [2.75, 3.05) is 0 Å². The molecule has 30 heavy (non-hydrogen) atoms. The van der Waals surface area contributed by atoms with E-state index in [1.807, 2.05) is 48.2 Å². The average molecular weight is 411 g/mol. The van der Waals surface area contributed by atoms with Crippen LogP contribution in [0.1, 0.15) is 22.5 Å². The molecule has 0 aliphatic carbocycles. The first kappa shape index (κ1) is 17.3. The highest BCUT2D eigenvalue weighted by atomic mass is 19.4. The van der Waals surface area contributed by atoms with E-state index < -0.39 is 17.8 Å². The Bertz CT molecular complexity index is 1380. The normalized spacial score (nSPS) is 18.5. The molecule has 6 rings (SSSR count). The molecule has 2 aliphatic rings. The summed E-state index contributed by atoms with van der Waals surface area (Å²) in [5.41, 5.74) is 4.31. The van der Waals surface area contributed by atoms with Crippen LogP contribution in [-0.2, 0) is 12.1 Å². The van der Waals surface area contributed by atoms with Gasteiger partial charge < -0.3 is 0 Å². The van der Waals surface area contributed by atoms with Gasteiger partial charge in [0.15, 0.2) is 29.5 Å². The van der Waals surface area contributed by atoms with Crippen molar-refractivity contribution < 1.29 is 22.3 Å². The molecule has 4 aromatic rings. The van der Waals surface area contributed by atoms with E-state index in [0.717, 1.165) is 34.3 Å². The summed E-state index contributed by atoms with van der Waals surface area (Å²) in [6, 6.07) is 4.89. The summed E-state index contributed by atoms with van der Waals surface area (Å²) >= 11 is 0. The first-order chi connectivity index (χ1) is 14.2. The van der Waals surface area contributed by atoms with Crippen molar-refractivity contribution in [2.45, 2.75) is 32.9 Å². The number of aromatic nitrogens is 7. The Morgan fingerprint density at radius 2 is 1.73 bits per heavy atom. The highest BCUT2D eigenvalue weighted by Gasteiger charge is 2.70. The van der Waals surface area contributed by atoms with Crippen molar-refractivity contribution in [1.29, 1.82) is 0 Å². The molecular weight excluding hydrogens is 395 g/mol. The van der Waals surface area contributed by atoms with Crippen molar-refractivity contribution in [3.8, 4) is 22.8 Å². The molecule has 4 aromatic heterocycles. The van der Waals surface area contributed by atoms with Gasteiger partial charge in [0.05, 0.1) is 11.9 Å². The molecule has 0 fully saturated rings. The van der Waals surface area contributed by atoms with Crippen LogP contribution in [0, 0.1) is 20.8 Å². The molecule has 7 nitrogen and oxygen atoms in total.